The minimum absolute atomic E-state index is 0.210. The van der Waals surface area contributed by atoms with Gasteiger partial charge in [0.2, 0.25) is 59.1 Å². The van der Waals surface area contributed by atoms with E-state index in [0.29, 0.717) is 0 Å². The average Bonchev–Trinajstić information content (AvgIpc) is 0.840. The molecule has 0 radical (unpaired) electrons. The lowest BCUT2D eigenvalue weighted by atomic mass is 9.98. The molecule has 6 aliphatic heterocycles. The van der Waals surface area contributed by atoms with Gasteiger partial charge in [0.05, 0.1) is 32.0 Å². The van der Waals surface area contributed by atoms with Crippen molar-refractivity contribution >= 4 is 59.1 Å². The highest BCUT2D eigenvalue weighted by Crippen LogP contribution is 2.29. The zero-order valence-electron chi connectivity index (χ0n) is 58.5. The summed E-state index contributed by atoms with van der Waals surface area (Å²) in [6.45, 7) is 6.10. The van der Waals surface area contributed by atoms with Gasteiger partial charge in [-0.05, 0) is 33.6 Å². The molecule has 0 aliphatic carbocycles. The zero-order valence-corrected chi connectivity index (χ0v) is 58.5. The van der Waals surface area contributed by atoms with Crippen LogP contribution in [0.4, 0.5) is 0 Å². The molecule has 6 rings (SSSR count). The molecule has 634 valence electrons. The van der Waals surface area contributed by atoms with Crippen LogP contribution in [0, 0.1) is 0 Å². The highest BCUT2D eigenvalue weighted by molar-refractivity contribution is 5.83. The number of hydrogen-bond donors (Lipinski definition) is 31. The van der Waals surface area contributed by atoms with Crippen LogP contribution in [0.5, 0.6) is 0 Å². The third-order valence-electron chi connectivity index (χ3n) is 15.8. The van der Waals surface area contributed by atoms with E-state index in [4.69, 9.17) is 129 Å². The summed E-state index contributed by atoms with van der Waals surface area (Å²) in [6, 6.07) is 0. The van der Waals surface area contributed by atoms with Crippen molar-refractivity contribution in [3.63, 3.8) is 0 Å². The minimum atomic E-state index is -1.77. The van der Waals surface area contributed by atoms with E-state index in [-0.39, 0.29) is 26.1 Å². The largest absolute Gasteiger partial charge is 0.394 e. The molecule has 0 saturated carbocycles. The van der Waals surface area contributed by atoms with E-state index < -0.39 is 287 Å². The normalized spacial score (nSPS) is 38.0. The lowest BCUT2D eigenvalue weighted by molar-refractivity contribution is -0.301. The molecule has 18 unspecified atom stereocenters. The van der Waals surface area contributed by atoms with E-state index in [1.54, 1.807) is 13.8 Å². The topological polar surface area (TPSA) is 966 Å². The molecule has 0 aromatic heterocycles. The van der Waals surface area contributed by atoms with Crippen LogP contribution >= 0.6 is 0 Å². The van der Waals surface area contributed by atoms with Crippen molar-refractivity contribution in [2.24, 2.45) is 57.3 Å². The molecule has 6 fully saturated rings. The summed E-state index contributed by atoms with van der Waals surface area (Å²) >= 11 is 0. The summed E-state index contributed by atoms with van der Waals surface area (Å²) in [5.41, 5.74) is 49.8. The number of aliphatic hydroxyl groups excluding tert-OH is 21. The molecular weight excluding hydrogens is 1500 g/mol. The Kier molecular flexibility index (Phi) is 42.7. The average molecular weight is 1600 g/mol. The maximum Gasteiger partial charge on any atom is 0.249 e. The molecule has 53 nitrogen and oxygen atoms in total. The Morgan fingerprint density at radius 3 is 0.578 bits per heavy atom. The third kappa shape index (κ3) is 28.5. The van der Waals surface area contributed by atoms with E-state index in [9.17, 15) is 140 Å². The first-order chi connectivity index (χ1) is 50.4. The molecule has 10 amide bonds. The molecule has 0 spiro atoms. The number of ether oxygens (including phenoxy) is 12. The quantitative estimate of drug-likeness (QED) is 0.0363. The Labute approximate surface area is 615 Å². The first kappa shape index (κ1) is 100. The Balaban J connectivity index is 0.000000654. The van der Waals surface area contributed by atoms with E-state index >= 15 is 0 Å². The number of hydrogen-bond acceptors (Lipinski definition) is 43. The van der Waals surface area contributed by atoms with E-state index in [1.165, 1.54) is 20.8 Å². The summed E-state index contributed by atoms with van der Waals surface area (Å²) in [5, 5.41) is 198. The van der Waals surface area contributed by atoms with Crippen molar-refractivity contribution in [1.29, 1.82) is 0 Å². The van der Waals surface area contributed by atoms with Crippen LogP contribution in [0.25, 0.3) is 0 Å². The van der Waals surface area contributed by atoms with Crippen molar-refractivity contribution in [1.82, 2.24) is 0 Å². The van der Waals surface area contributed by atoms with Gasteiger partial charge in [-0.3, -0.25) is 47.9 Å². The second kappa shape index (κ2) is 46.4. The van der Waals surface area contributed by atoms with Crippen molar-refractivity contribution in [2.75, 3.05) is 19.8 Å². The Bertz CT molecular complexity index is 2680. The molecule has 0 bridgehead atoms. The van der Waals surface area contributed by atoms with Gasteiger partial charge in [0.1, 0.15) is 128 Å². The van der Waals surface area contributed by atoms with Gasteiger partial charge in [-0.1, -0.05) is 13.8 Å². The van der Waals surface area contributed by atoms with Crippen LogP contribution in [-0.4, -0.2) is 407 Å². The number of nitrogens with two attached hydrogens (primary N) is 10. The predicted octanol–water partition coefficient (Wildman–Crippen LogP) is -22.2. The van der Waals surface area contributed by atoms with Crippen molar-refractivity contribution < 1.29 is 212 Å². The fraction of sp³-hybridized carbons (Fsp3) is 0.821. The molecule has 109 heavy (non-hydrogen) atoms. The van der Waals surface area contributed by atoms with Gasteiger partial charge >= 0.3 is 0 Å². The van der Waals surface area contributed by atoms with Crippen LogP contribution in [0.2, 0.25) is 0 Å². The highest BCUT2D eigenvalue weighted by atomic mass is 16.7. The third-order valence-corrected chi connectivity index (χ3v) is 15.8. The molecular formula is C56H102N10O43. The van der Waals surface area contributed by atoms with Gasteiger partial charge < -0.3 is 221 Å². The molecule has 41 N–H and O–H groups in total. The summed E-state index contributed by atoms with van der Waals surface area (Å²) in [6.07, 6.45) is -53.5. The van der Waals surface area contributed by atoms with Gasteiger partial charge in [-0.15, -0.1) is 0 Å². The fourth-order valence-electron chi connectivity index (χ4n) is 9.40. The molecule has 6 aliphatic rings. The Hall–Kier alpha value is -6.62. The summed E-state index contributed by atoms with van der Waals surface area (Å²) in [5.74, 6) is -9.55. The smallest absolute Gasteiger partial charge is 0.249 e. The summed E-state index contributed by atoms with van der Waals surface area (Å²) in [4.78, 5) is 110. The van der Waals surface area contributed by atoms with Crippen molar-refractivity contribution in [3.05, 3.63) is 0 Å². The number of carbonyl (C=O) groups is 10. The summed E-state index contributed by atoms with van der Waals surface area (Å²) in [7, 11) is 0. The summed E-state index contributed by atoms with van der Waals surface area (Å²) < 4.78 is 59.6. The monoisotopic (exact) mass is 1600 g/mol. The van der Waals surface area contributed by atoms with Gasteiger partial charge in [-0.25, -0.2) is 0 Å². The lowest BCUT2D eigenvalue weighted by Gasteiger charge is -2.39. The highest BCUT2D eigenvalue weighted by Gasteiger charge is 2.53. The predicted molar refractivity (Wildman–Crippen MR) is 340 cm³/mol. The van der Waals surface area contributed by atoms with Crippen molar-refractivity contribution in [3.8, 4) is 0 Å². The van der Waals surface area contributed by atoms with Gasteiger partial charge in [-0.2, -0.15) is 0 Å². The second-order valence-corrected chi connectivity index (χ2v) is 24.3. The van der Waals surface area contributed by atoms with Crippen LogP contribution in [0.3, 0.4) is 0 Å². The SMILES string of the molecule is CC(CO)O[C@H]1OC(C(N)=O)[C@@H](O)C(O)[C@H]1O.CC(CO)O[C@H]1OC(C(N)=O)[C@H](O)C(O)[C@@H]1O.CC(O[C@H]1OC(C(N)=O)[C@@H](O)C(O)[C@H]1O)C(N)=O.CCC(O[C@H]1OC(C(N)=O)[C@@H](O)C(O)[C@@H]1O)C(N)=O.CCC(O[C@H]1OC(C(N)=O)[C@H](O)C(O)[C@@H]1O)C(N)=O.NC(=O)C(CO)O[C@H]1OC(C(N)=O)[C@@H](O)C(O)[C@@H]1O. The number of rotatable bonds is 27. The first-order valence-corrected chi connectivity index (χ1v) is 32.3. The molecule has 6 saturated heterocycles. The Morgan fingerprint density at radius 1 is 0.257 bits per heavy atom. The first-order valence-electron chi connectivity index (χ1n) is 32.3. The molecule has 53 heteroatoms. The van der Waals surface area contributed by atoms with E-state index in [1.807, 2.05) is 0 Å². The van der Waals surface area contributed by atoms with Crippen LogP contribution in [0.1, 0.15) is 47.5 Å². The number of carbonyl (C=O) groups excluding carboxylic acids is 10. The van der Waals surface area contributed by atoms with Crippen LogP contribution in [-0.2, 0) is 105 Å². The number of primary amides is 10. The van der Waals surface area contributed by atoms with Crippen LogP contribution < -0.4 is 57.3 Å². The minimum Gasteiger partial charge on any atom is -0.394 e. The van der Waals surface area contributed by atoms with Crippen LogP contribution in [0.15, 0.2) is 0 Å². The maximum absolute atomic E-state index is 11.0. The van der Waals surface area contributed by atoms with Crippen molar-refractivity contribution in [2.45, 2.75) is 268 Å². The van der Waals surface area contributed by atoms with Gasteiger partial charge in [0, 0.05) is 0 Å². The molecule has 0 aromatic rings. The lowest BCUT2D eigenvalue weighted by Crippen LogP contribution is -2.62. The standard InChI is InChI=1S/2C10H18N2O7.C9H16N2O8.C9H16N2O7.2C9H17NO7/c2*1-2-3(8(11)16)18-10-6(15)4(13)5(14)7(19-10)9(12)17;10-7(16)2(1-12)18-9-5(15)3(13)4(14)6(19-9)8(11)17;1-2(7(10)15)17-9-5(14)3(12)4(13)6(18-9)8(11)16;2*1-3(2-11)16-9-6(14)4(12)5(13)7(17-9)8(10)15/h2*3-7,10,13-15H,2H2,1H3,(H2,11,16)(H2,12,17);2-6,9,12-15H,1H2,(H2,10,16)(H2,11,17);2-6,9,12-14H,1H3,(H2,10,15)(H2,11,16);2*3-7,9,11-14H,2H2,1H3,(H2,10,15)/t3?,4?,5-,6+,7?,10+;3?,4?,5-,6-,7?,10-;2?,3?,4-,5-,6?,9-;2?,3?,4-,5+,6?,9-;3?,4?,5-,6+,7?,9+;3?,4?,5-,6+,7?,9-/m100010/s1. The van der Waals surface area contributed by atoms with E-state index in [2.05, 4.69) is 0 Å². The molecule has 6 heterocycles. The van der Waals surface area contributed by atoms with E-state index in [0.717, 1.165) is 0 Å². The molecule has 36 atom stereocenters. The maximum atomic E-state index is 11.0. The Morgan fingerprint density at radius 2 is 0.431 bits per heavy atom. The number of aliphatic hydroxyl groups is 21. The van der Waals surface area contributed by atoms with Gasteiger partial charge in [0.25, 0.3) is 0 Å². The fourth-order valence-corrected chi connectivity index (χ4v) is 9.40. The zero-order chi connectivity index (χ0) is 84.6. The number of amides is 10. The second-order valence-electron chi connectivity index (χ2n) is 24.3. The molecule has 0 aromatic carbocycles. The van der Waals surface area contributed by atoms with Gasteiger partial charge in [0.15, 0.2) is 80.5 Å².